The Labute approximate surface area is 92.9 Å². The van der Waals surface area contributed by atoms with Gasteiger partial charge in [-0.15, -0.1) is 0 Å². The third-order valence-corrected chi connectivity index (χ3v) is 2.79. The number of hydrogen-bond donors (Lipinski definition) is 0. The van der Waals surface area contributed by atoms with Crippen molar-refractivity contribution in [3.05, 3.63) is 29.8 Å². The quantitative estimate of drug-likeness (QED) is 0.736. The van der Waals surface area contributed by atoms with Crippen LogP contribution in [0.3, 0.4) is 0 Å². The molecule has 0 saturated carbocycles. The Morgan fingerprint density at radius 1 is 1.20 bits per heavy atom. The number of hydrogen-bond acceptors (Lipinski definition) is 2. The molecule has 0 aliphatic rings. The van der Waals surface area contributed by atoms with Crippen molar-refractivity contribution in [1.29, 1.82) is 0 Å². The Kier molecular flexibility index (Phi) is 4.63. The van der Waals surface area contributed by atoms with Gasteiger partial charge in [0.2, 0.25) is 0 Å². The summed E-state index contributed by atoms with van der Waals surface area (Å²) in [6.45, 7) is 5.53. The van der Waals surface area contributed by atoms with Crippen LogP contribution in [-0.4, -0.2) is 31.6 Å². The second-order valence-electron chi connectivity index (χ2n) is 4.17. The van der Waals surface area contributed by atoms with E-state index in [0.29, 0.717) is 6.04 Å². The SMILES string of the molecule is COc1ccc(CCN(C)C(C)C)cc1. The molecule has 15 heavy (non-hydrogen) atoms. The summed E-state index contributed by atoms with van der Waals surface area (Å²) in [5, 5.41) is 0. The van der Waals surface area contributed by atoms with Gasteiger partial charge in [0, 0.05) is 12.6 Å². The van der Waals surface area contributed by atoms with E-state index in [2.05, 4.69) is 37.9 Å². The first-order chi connectivity index (χ1) is 7.13. The van der Waals surface area contributed by atoms with Gasteiger partial charge in [-0.3, -0.25) is 0 Å². The van der Waals surface area contributed by atoms with Gasteiger partial charge in [-0.2, -0.15) is 0 Å². The lowest BCUT2D eigenvalue weighted by molar-refractivity contribution is 0.277. The van der Waals surface area contributed by atoms with Gasteiger partial charge in [-0.05, 0) is 45.0 Å². The normalized spacial score (nSPS) is 11.1. The molecule has 0 aliphatic heterocycles. The number of likely N-dealkylation sites (N-methyl/N-ethyl adjacent to an activating group) is 1. The maximum atomic E-state index is 5.12. The predicted molar refractivity (Wildman–Crippen MR) is 64.5 cm³/mol. The largest absolute Gasteiger partial charge is 0.497 e. The number of nitrogens with zero attached hydrogens (tertiary/aromatic N) is 1. The highest BCUT2D eigenvalue weighted by atomic mass is 16.5. The molecule has 0 bridgehead atoms. The summed E-state index contributed by atoms with van der Waals surface area (Å²) in [6.07, 6.45) is 1.10. The minimum absolute atomic E-state index is 0.614. The third-order valence-electron chi connectivity index (χ3n) is 2.79. The molecule has 84 valence electrons. The van der Waals surface area contributed by atoms with Gasteiger partial charge in [0.15, 0.2) is 0 Å². The molecule has 2 nitrogen and oxygen atoms in total. The molecule has 0 fully saturated rings. The molecule has 1 aromatic carbocycles. The maximum absolute atomic E-state index is 5.12. The van der Waals surface area contributed by atoms with Crippen molar-refractivity contribution >= 4 is 0 Å². The fourth-order valence-electron chi connectivity index (χ4n) is 1.36. The smallest absolute Gasteiger partial charge is 0.118 e. The summed E-state index contributed by atoms with van der Waals surface area (Å²) >= 11 is 0. The van der Waals surface area contributed by atoms with Crippen LogP contribution in [0, 0.1) is 0 Å². The first kappa shape index (κ1) is 12.1. The molecular formula is C13H21NO. The fourth-order valence-corrected chi connectivity index (χ4v) is 1.36. The summed E-state index contributed by atoms with van der Waals surface area (Å²) in [7, 11) is 3.86. The van der Waals surface area contributed by atoms with Gasteiger partial charge in [0.25, 0.3) is 0 Å². The van der Waals surface area contributed by atoms with Gasteiger partial charge < -0.3 is 9.64 Å². The van der Waals surface area contributed by atoms with E-state index in [1.165, 1.54) is 5.56 Å². The van der Waals surface area contributed by atoms with Crippen LogP contribution in [0.4, 0.5) is 0 Å². The first-order valence-electron chi connectivity index (χ1n) is 5.46. The molecule has 0 spiro atoms. The molecule has 1 aromatic rings. The molecule has 0 unspecified atom stereocenters. The number of rotatable bonds is 5. The van der Waals surface area contributed by atoms with E-state index in [4.69, 9.17) is 4.74 Å². The van der Waals surface area contributed by atoms with E-state index in [9.17, 15) is 0 Å². The second kappa shape index (κ2) is 5.76. The van der Waals surface area contributed by atoms with Gasteiger partial charge in [-0.1, -0.05) is 12.1 Å². The van der Waals surface area contributed by atoms with Crippen LogP contribution in [0.2, 0.25) is 0 Å². The van der Waals surface area contributed by atoms with Crippen LogP contribution in [0.1, 0.15) is 19.4 Å². The van der Waals surface area contributed by atoms with Gasteiger partial charge in [-0.25, -0.2) is 0 Å². The maximum Gasteiger partial charge on any atom is 0.118 e. The second-order valence-corrected chi connectivity index (χ2v) is 4.17. The standard InChI is InChI=1S/C13H21NO/c1-11(2)14(3)10-9-12-5-7-13(15-4)8-6-12/h5-8,11H,9-10H2,1-4H3. The zero-order valence-corrected chi connectivity index (χ0v) is 10.2. The molecule has 0 saturated heterocycles. The molecule has 0 aliphatic carbocycles. The fraction of sp³-hybridized carbons (Fsp3) is 0.538. The molecule has 0 amide bonds. The molecular weight excluding hydrogens is 186 g/mol. The van der Waals surface area contributed by atoms with Crippen LogP contribution >= 0.6 is 0 Å². The van der Waals surface area contributed by atoms with Crippen LogP contribution in [0.25, 0.3) is 0 Å². The molecule has 0 radical (unpaired) electrons. The number of benzene rings is 1. The highest BCUT2D eigenvalue weighted by molar-refractivity contribution is 5.27. The molecule has 1 rings (SSSR count). The minimum atomic E-state index is 0.614. The van der Waals surface area contributed by atoms with Crippen molar-refractivity contribution in [2.75, 3.05) is 20.7 Å². The van der Waals surface area contributed by atoms with E-state index in [-0.39, 0.29) is 0 Å². The van der Waals surface area contributed by atoms with Crippen molar-refractivity contribution in [3.63, 3.8) is 0 Å². The van der Waals surface area contributed by atoms with Crippen molar-refractivity contribution in [2.45, 2.75) is 26.3 Å². The topological polar surface area (TPSA) is 12.5 Å². The monoisotopic (exact) mass is 207 g/mol. The zero-order chi connectivity index (χ0) is 11.3. The van der Waals surface area contributed by atoms with Crippen molar-refractivity contribution < 1.29 is 4.74 Å². The number of methoxy groups -OCH3 is 1. The average molecular weight is 207 g/mol. The lowest BCUT2D eigenvalue weighted by atomic mass is 10.1. The van der Waals surface area contributed by atoms with Crippen LogP contribution in [-0.2, 0) is 6.42 Å². The minimum Gasteiger partial charge on any atom is -0.497 e. The third kappa shape index (κ3) is 3.92. The lowest BCUT2D eigenvalue weighted by Gasteiger charge is -2.20. The van der Waals surface area contributed by atoms with E-state index in [0.717, 1.165) is 18.7 Å². The van der Waals surface area contributed by atoms with E-state index < -0.39 is 0 Å². The predicted octanol–water partition coefficient (Wildman–Crippen LogP) is 2.58. The van der Waals surface area contributed by atoms with Crippen LogP contribution in [0.15, 0.2) is 24.3 Å². The first-order valence-corrected chi connectivity index (χ1v) is 5.46. The van der Waals surface area contributed by atoms with Gasteiger partial charge >= 0.3 is 0 Å². The van der Waals surface area contributed by atoms with Crippen LogP contribution < -0.4 is 4.74 Å². The molecule has 0 aromatic heterocycles. The lowest BCUT2D eigenvalue weighted by Crippen LogP contribution is -2.28. The summed E-state index contributed by atoms with van der Waals surface area (Å²) in [5.74, 6) is 0.927. The summed E-state index contributed by atoms with van der Waals surface area (Å²) in [4.78, 5) is 2.35. The molecule has 2 heteroatoms. The Balaban J connectivity index is 2.44. The summed E-state index contributed by atoms with van der Waals surface area (Å²) < 4.78 is 5.12. The average Bonchev–Trinajstić information content (AvgIpc) is 2.26. The highest BCUT2D eigenvalue weighted by Crippen LogP contribution is 2.12. The summed E-state index contributed by atoms with van der Waals surface area (Å²) in [5.41, 5.74) is 1.36. The van der Waals surface area contributed by atoms with Crippen LogP contribution in [0.5, 0.6) is 5.75 Å². The highest BCUT2D eigenvalue weighted by Gasteiger charge is 2.02. The molecule has 0 N–H and O–H groups in total. The Bertz CT molecular complexity index is 279. The summed E-state index contributed by atoms with van der Waals surface area (Å²) in [6, 6.07) is 8.92. The van der Waals surface area contributed by atoms with E-state index in [1.807, 2.05) is 12.1 Å². The Morgan fingerprint density at radius 2 is 1.80 bits per heavy atom. The van der Waals surface area contributed by atoms with E-state index in [1.54, 1.807) is 7.11 Å². The van der Waals surface area contributed by atoms with E-state index >= 15 is 0 Å². The Morgan fingerprint density at radius 3 is 2.27 bits per heavy atom. The van der Waals surface area contributed by atoms with Crippen molar-refractivity contribution in [3.8, 4) is 5.75 Å². The van der Waals surface area contributed by atoms with Crippen molar-refractivity contribution in [2.24, 2.45) is 0 Å². The zero-order valence-electron chi connectivity index (χ0n) is 10.2. The van der Waals surface area contributed by atoms with Gasteiger partial charge in [0.05, 0.1) is 7.11 Å². The van der Waals surface area contributed by atoms with Crippen molar-refractivity contribution in [1.82, 2.24) is 4.90 Å². The number of ether oxygens (including phenoxy) is 1. The molecule has 0 atom stereocenters. The van der Waals surface area contributed by atoms with Gasteiger partial charge in [0.1, 0.15) is 5.75 Å². The molecule has 0 heterocycles. The Hall–Kier alpha value is -1.02.